The van der Waals surface area contributed by atoms with Gasteiger partial charge in [-0.25, -0.2) is 19.9 Å². The third kappa shape index (κ3) is 14.9. The van der Waals surface area contributed by atoms with Crippen molar-refractivity contribution in [2.75, 3.05) is 13.2 Å². The van der Waals surface area contributed by atoms with E-state index in [0.29, 0.717) is 63.2 Å². The zero-order chi connectivity index (χ0) is 80.5. The number of nitrogens with two attached hydrogens (primary N) is 4. The number of pyridine rings is 4. The van der Waals surface area contributed by atoms with Gasteiger partial charge < -0.3 is 110 Å². The zero-order valence-corrected chi connectivity index (χ0v) is 65.5. The van der Waals surface area contributed by atoms with Crippen LogP contribution < -0.4 is 51.4 Å². The molecule has 20 atom stereocenters. The van der Waals surface area contributed by atoms with Crippen molar-refractivity contribution >= 4 is 44.1 Å². The Morgan fingerprint density at radius 3 is 0.948 bits per heavy atom. The number of hydrogen-bond acceptors (Lipinski definition) is 22. The summed E-state index contributed by atoms with van der Waals surface area (Å²) in [6, 6.07) is 37.7. The van der Waals surface area contributed by atoms with E-state index in [-0.39, 0.29) is 48.3 Å². The van der Waals surface area contributed by atoms with Crippen molar-refractivity contribution in [1.82, 2.24) is 38.2 Å². The van der Waals surface area contributed by atoms with E-state index in [4.69, 9.17) is 51.4 Å². The molecule has 0 amide bonds. The Hall–Kier alpha value is -10.0. The minimum atomic E-state index is -1.00. The summed E-state index contributed by atoms with van der Waals surface area (Å²) in [5.74, 6) is 4.31. The minimum Gasteiger partial charge on any atom is -0.492 e. The highest BCUT2D eigenvalue weighted by atomic mass is 16.5. The molecule has 2 aliphatic heterocycles. The number of hydrogen-bond donors (Lipinski definition) is 12. The Kier molecular flexibility index (Phi) is 22.2. The second-order valence-electron chi connectivity index (χ2n) is 32.8. The number of aliphatic hydroxyl groups is 8. The maximum absolute atomic E-state index is 10.8. The zero-order valence-electron chi connectivity index (χ0n) is 65.5. The van der Waals surface area contributed by atoms with Crippen molar-refractivity contribution in [1.29, 1.82) is 0 Å². The van der Waals surface area contributed by atoms with Crippen molar-refractivity contribution < 1.29 is 69.3 Å². The number of aromatic nitrogens is 8. The van der Waals surface area contributed by atoms with E-state index in [1.165, 1.54) is 11.1 Å². The number of fused-ring (bicyclic) bond motifs is 8. The predicted molar refractivity (Wildman–Crippen MR) is 438 cm³/mol. The molecule has 26 nitrogen and oxygen atoms in total. The SMILES string of the molecule is Cc1ccnc2c1ccn2[C@@H]1C[C@H](Oc2cccc3c2C[C@@H](N)CO3)[C@@H](O)[C@H]1O.Cc1ccnc2c1ccn2[C@@H]1C[C@H](Oc2cccc3c2C[C@H](N)CO3)[C@@H](O)[C@H]1O.Cc1ccnc2c1ccn2[C@@H]1C[C@H](Oc2cccc3c2[C@@H](N)CCC3)[C@@H](O)[C@H]1O.Cc1ccnc2c1ccn2[C@@H]1C[C@H](Oc2cccc3c2[C@H](N)CCC3)[C@@H](O)[C@H]1O. The van der Waals surface area contributed by atoms with Crippen LogP contribution in [0.2, 0.25) is 0 Å². The molecule has 26 heteroatoms. The number of nitrogens with zero attached hydrogens (tertiary/aromatic N) is 8. The van der Waals surface area contributed by atoms with E-state index in [0.717, 1.165) is 150 Å². The van der Waals surface area contributed by atoms with Gasteiger partial charge in [0.25, 0.3) is 0 Å². The Morgan fingerprint density at radius 2 is 0.638 bits per heavy atom. The lowest BCUT2D eigenvalue weighted by atomic mass is 9.87. The lowest BCUT2D eigenvalue weighted by molar-refractivity contribution is -0.0167. The van der Waals surface area contributed by atoms with Crippen LogP contribution in [0.15, 0.2) is 171 Å². The summed E-state index contributed by atoms with van der Waals surface area (Å²) in [7, 11) is 0. The largest absolute Gasteiger partial charge is 0.492 e. The molecular weight excluding hydrogens is 1470 g/mol. The molecule has 0 saturated heterocycles. The summed E-state index contributed by atoms with van der Waals surface area (Å²) in [5, 5.41) is 90.2. The van der Waals surface area contributed by atoms with Gasteiger partial charge in [0.2, 0.25) is 0 Å². The first-order chi connectivity index (χ1) is 56.1. The maximum Gasteiger partial charge on any atom is 0.140 e. The van der Waals surface area contributed by atoms with Crippen LogP contribution in [0.4, 0.5) is 0 Å². The predicted octanol–water partition coefficient (Wildman–Crippen LogP) is 9.03. The second-order valence-corrected chi connectivity index (χ2v) is 32.8. The summed E-state index contributed by atoms with van der Waals surface area (Å²) < 4.78 is 44.1. The van der Waals surface area contributed by atoms with Gasteiger partial charge in [-0.3, -0.25) is 0 Å². The Balaban J connectivity index is 0.000000111. The van der Waals surface area contributed by atoms with Gasteiger partial charge in [0.15, 0.2) is 0 Å². The summed E-state index contributed by atoms with van der Waals surface area (Å²) in [4.78, 5) is 18.0. The molecule has 8 aliphatic rings. The molecule has 4 saturated carbocycles. The van der Waals surface area contributed by atoms with Crippen LogP contribution in [0.25, 0.3) is 44.1 Å². The fourth-order valence-electron chi connectivity index (χ4n) is 18.9. The average molecular weight is 1580 g/mol. The number of benzene rings is 4. The molecular formula is C90H104N12O14. The fraction of sp³-hybridized carbons (Fsp3) is 0.422. The van der Waals surface area contributed by atoms with Crippen molar-refractivity contribution in [3.63, 3.8) is 0 Å². The molecule has 4 aromatic carbocycles. The molecule has 20 rings (SSSR count). The molecule has 0 bridgehead atoms. The van der Waals surface area contributed by atoms with Gasteiger partial charge in [0.1, 0.15) is 144 Å². The van der Waals surface area contributed by atoms with E-state index in [1.54, 1.807) is 24.8 Å². The molecule has 12 aromatic rings. The van der Waals surface area contributed by atoms with Crippen LogP contribution in [0.5, 0.6) is 34.5 Å². The van der Waals surface area contributed by atoms with E-state index >= 15 is 0 Å². The van der Waals surface area contributed by atoms with Crippen LogP contribution >= 0.6 is 0 Å². The Morgan fingerprint density at radius 1 is 0.353 bits per heavy atom. The molecule has 116 heavy (non-hydrogen) atoms. The molecule has 0 radical (unpaired) electrons. The van der Waals surface area contributed by atoms with E-state index < -0.39 is 73.2 Å². The maximum atomic E-state index is 10.8. The van der Waals surface area contributed by atoms with Crippen molar-refractivity contribution in [2.45, 2.75) is 226 Å². The lowest BCUT2D eigenvalue weighted by Crippen LogP contribution is -2.36. The monoisotopic (exact) mass is 1580 g/mol. The molecule has 0 unspecified atom stereocenters. The molecule has 6 aliphatic carbocycles. The van der Waals surface area contributed by atoms with E-state index in [2.05, 4.69) is 32.1 Å². The first-order valence-corrected chi connectivity index (χ1v) is 40.7. The number of ether oxygens (including phenoxy) is 6. The highest BCUT2D eigenvalue weighted by Crippen LogP contribution is 2.46. The first kappa shape index (κ1) is 78.5. The number of aryl methyl sites for hydroxylation is 6. The molecule has 10 heterocycles. The van der Waals surface area contributed by atoms with Gasteiger partial charge in [0.05, 0.1) is 24.2 Å². The van der Waals surface area contributed by atoms with Gasteiger partial charge in [-0.05, 0) is 197 Å². The van der Waals surface area contributed by atoms with Gasteiger partial charge >= 0.3 is 0 Å². The Labute approximate surface area is 671 Å². The van der Waals surface area contributed by atoms with Gasteiger partial charge in [0, 0.05) is 143 Å². The summed E-state index contributed by atoms with van der Waals surface area (Å²) in [5.41, 5.74) is 39.0. The lowest BCUT2D eigenvalue weighted by Gasteiger charge is -2.27. The Bertz CT molecular complexity index is 5200. The third-order valence-corrected chi connectivity index (χ3v) is 25.3. The number of rotatable bonds is 12. The van der Waals surface area contributed by atoms with Gasteiger partial charge in [-0.2, -0.15) is 0 Å². The first-order valence-electron chi connectivity index (χ1n) is 40.7. The van der Waals surface area contributed by atoms with Crippen LogP contribution in [0.3, 0.4) is 0 Å². The molecule has 16 N–H and O–H groups in total. The fourth-order valence-corrected chi connectivity index (χ4v) is 18.9. The van der Waals surface area contributed by atoms with E-state index in [1.807, 2.05) is 180 Å². The normalized spacial score (nSPS) is 29.0. The quantitative estimate of drug-likeness (QED) is 0.0542. The second kappa shape index (κ2) is 32.8. The van der Waals surface area contributed by atoms with Crippen LogP contribution in [0, 0.1) is 27.7 Å². The van der Waals surface area contributed by atoms with Gasteiger partial charge in [-0.1, -0.05) is 36.4 Å². The summed E-state index contributed by atoms with van der Waals surface area (Å²) in [6.45, 7) is 9.12. The average Bonchev–Trinajstić information content (AvgIpc) is 1.59. The highest BCUT2D eigenvalue weighted by molar-refractivity contribution is 5.82. The molecule has 608 valence electrons. The van der Waals surface area contributed by atoms with Crippen LogP contribution in [-0.2, 0) is 25.7 Å². The number of aliphatic hydroxyl groups excluding tert-OH is 8. The molecule has 8 aromatic heterocycles. The van der Waals surface area contributed by atoms with Crippen LogP contribution in [-0.4, -0.2) is 178 Å². The minimum absolute atomic E-state index is 0.0465. The van der Waals surface area contributed by atoms with E-state index in [9.17, 15) is 40.9 Å². The molecule has 0 spiro atoms. The van der Waals surface area contributed by atoms with Gasteiger partial charge in [-0.15, -0.1) is 0 Å². The summed E-state index contributed by atoms with van der Waals surface area (Å²) >= 11 is 0. The highest BCUT2D eigenvalue weighted by Gasteiger charge is 2.49. The standard InChI is InChI=1S/2C23H27N3O3.2C22H25N3O4/c2*1-13-8-10-25-23-15(13)9-11-26(23)17-12-19(22(28)21(17)27)29-18-7-3-5-14-4-2-6-16(24)20(14)18;2*1-12-5-7-24-22-14(12)6-8-25(22)16-10-19(21(27)20(16)26)29-18-4-2-3-17-15(18)9-13(23)11-28-17/h2*3,5,7-11,16-17,19,21-22,27-28H,2,4,6,12,24H2,1H3;2*2-8,13,16,19-21,26-27H,9-11,23H2,1H3/t16-,17+,19-,21-,22+;16-,17-,19+,21+,22-;13-,16+,19-,20-,21+;13-,16-,19+,20+,21-/m0101/s1. The topological polar surface area (TPSA) is 393 Å². The third-order valence-electron chi connectivity index (χ3n) is 25.3. The van der Waals surface area contributed by atoms with Crippen molar-refractivity contribution in [3.8, 4) is 34.5 Å². The molecule has 4 fully saturated rings. The van der Waals surface area contributed by atoms with Crippen molar-refractivity contribution in [2.24, 2.45) is 22.9 Å². The van der Waals surface area contributed by atoms with Crippen molar-refractivity contribution in [3.05, 3.63) is 227 Å². The van der Waals surface area contributed by atoms with Crippen LogP contribution in [0.1, 0.15) is 143 Å². The smallest absolute Gasteiger partial charge is 0.140 e. The summed E-state index contributed by atoms with van der Waals surface area (Å²) in [6.07, 6.45) is 14.3.